The number of carboxylic acid groups (broad SMARTS) is 1. The summed E-state index contributed by atoms with van der Waals surface area (Å²) in [5.41, 5.74) is -0.0524. The molecule has 0 aliphatic carbocycles. The number of carboxylic acids is 1. The van der Waals surface area contributed by atoms with Crippen LogP contribution in [-0.2, 0) is 4.79 Å². The molecule has 0 saturated carbocycles. The lowest BCUT2D eigenvalue weighted by atomic mass is 9.93. The lowest BCUT2D eigenvalue weighted by Crippen LogP contribution is -2.45. The van der Waals surface area contributed by atoms with Crippen LogP contribution in [0.2, 0.25) is 0 Å². The van der Waals surface area contributed by atoms with Crippen molar-refractivity contribution in [1.29, 1.82) is 0 Å². The van der Waals surface area contributed by atoms with Crippen molar-refractivity contribution in [2.24, 2.45) is 5.41 Å². The molecule has 6 nitrogen and oxygen atoms in total. The highest BCUT2D eigenvalue weighted by Crippen LogP contribution is 2.14. The van der Waals surface area contributed by atoms with Gasteiger partial charge < -0.3 is 20.2 Å². The highest BCUT2D eigenvalue weighted by Gasteiger charge is 2.21. The van der Waals surface area contributed by atoms with E-state index in [1.807, 2.05) is 32.8 Å². The molecule has 0 aliphatic heterocycles. The van der Waals surface area contributed by atoms with Gasteiger partial charge in [-0.1, -0.05) is 13.8 Å². The summed E-state index contributed by atoms with van der Waals surface area (Å²) in [6, 6.07) is -0.362. The summed E-state index contributed by atoms with van der Waals surface area (Å²) >= 11 is 0. The van der Waals surface area contributed by atoms with Crippen molar-refractivity contribution in [1.82, 2.24) is 15.1 Å². The van der Waals surface area contributed by atoms with Gasteiger partial charge in [-0.15, -0.1) is 0 Å². The van der Waals surface area contributed by atoms with Crippen molar-refractivity contribution < 1.29 is 14.7 Å². The van der Waals surface area contributed by atoms with Crippen LogP contribution in [0.25, 0.3) is 0 Å². The van der Waals surface area contributed by atoms with Gasteiger partial charge in [-0.3, -0.25) is 4.79 Å². The number of carbonyl (C=O) groups excluding carboxylic acids is 1. The van der Waals surface area contributed by atoms with Crippen LogP contribution in [0.4, 0.5) is 4.79 Å². The van der Waals surface area contributed by atoms with Gasteiger partial charge in [0.15, 0.2) is 0 Å². The first-order valence-corrected chi connectivity index (χ1v) is 5.49. The Kier molecular flexibility index (Phi) is 5.95. The number of hydrogen-bond acceptors (Lipinski definition) is 3. The molecule has 0 unspecified atom stereocenters. The van der Waals surface area contributed by atoms with E-state index in [2.05, 4.69) is 5.32 Å². The number of rotatable bonds is 6. The maximum absolute atomic E-state index is 11.5. The molecule has 0 radical (unpaired) electrons. The molecule has 100 valence electrons. The predicted molar refractivity (Wildman–Crippen MR) is 66.0 cm³/mol. The topological polar surface area (TPSA) is 72.9 Å². The molecule has 0 saturated heterocycles. The Morgan fingerprint density at radius 1 is 1.24 bits per heavy atom. The lowest BCUT2D eigenvalue weighted by Gasteiger charge is -2.29. The van der Waals surface area contributed by atoms with Crippen LogP contribution in [0.3, 0.4) is 0 Å². The Hall–Kier alpha value is -1.30. The van der Waals surface area contributed by atoms with Crippen molar-refractivity contribution in [3.63, 3.8) is 0 Å². The monoisotopic (exact) mass is 245 g/mol. The van der Waals surface area contributed by atoms with E-state index in [-0.39, 0.29) is 18.0 Å². The number of amides is 2. The largest absolute Gasteiger partial charge is 0.480 e. The number of nitrogens with one attached hydrogen (secondary N) is 1. The van der Waals surface area contributed by atoms with E-state index in [1.165, 1.54) is 7.05 Å². The Bertz CT molecular complexity index is 277. The molecule has 0 aromatic rings. The number of likely N-dealkylation sites (N-methyl/N-ethyl adjacent to an activating group) is 1. The van der Waals surface area contributed by atoms with Gasteiger partial charge >= 0.3 is 12.0 Å². The third-order valence-electron chi connectivity index (χ3n) is 2.18. The zero-order valence-corrected chi connectivity index (χ0v) is 11.3. The SMILES string of the molecule is CN(C)CC(C)(C)CNC(=O)N(C)CC(=O)O. The Morgan fingerprint density at radius 2 is 1.76 bits per heavy atom. The maximum atomic E-state index is 11.5. The second kappa shape index (κ2) is 6.44. The van der Waals surface area contributed by atoms with Crippen molar-refractivity contribution >= 4 is 12.0 Å². The predicted octanol–water partition coefficient (Wildman–Crippen LogP) is 0.300. The molecule has 0 atom stereocenters. The number of urea groups is 1. The Labute approximate surface area is 103 Å². The quantitative estimate of drug-likeness (QED) is 0.706. The fourth-order valence-electron chi connectivity index (χ4n) is 1.64. The number of hydrogen-bond donors (Lipinski definition) is 2. The van der Waals surface area contributed by atoms with Gasteiger partial charge in [0.1, 0.15) is 6.54 Å². The van der Waals surface area contributed by atoms with Crippen LogP contribution >= 0.6 is 0 Å². The minimum Gasteiger partial charge on any atom is -0.480 e. The minimum absolute atomic E-state index is 0.0524. The first kappa shape index (κ1) is 15.7. The molecule has 0 aromatic carbocycles. The van der Waals surface area contributed by atoms with Gasteiger partial charge in [0, 0.05) is 20.1 Å². The highest BCUT2D eigenvalue weighted by molar-refractivity contribution is 5.79. The van der Waals surface area contributed by atoms with E-state index < -0.39 is 5.97 Å². The second-order valence-electron chi connectivity index (χ2n) is 5.31. The van der Waals surface area contributed by atoms with Crippen LogP contribution in [0.5, 0.6) is 0 Å². The van der Waals surface area contributed by atoms with Crippen LogP contribution in [0.15, 0.2) is 0 Å². The van der Waals surface area contributed by atoms with Crippen molar-refractivity contribution in [3.05, 3.63) is 0 Å². The third-order valence-corrected chi connectivity index (χ3v) is 2.18. The van der Waals surface area contributed by atoms with E-state index in [1.54, 1.807) is 0 Å². The van der Waals surface area contributed by atoms with E-state index in [9.17, 15) is 9.59 Å². The molecule has 17 heavy (non-hydrogen) atoms. The van der Waals surface area contributed by atoms with Gasteiger partial charge in [-0.25, -0.2) is 4.79 Å². The molecule has 6 heteroatoms. The first-order valence-electron chi connectivity index (χ1n) is 5.49. The summed E-state index contributed by atoms with van der Waals surface area (Å²) in [7, 11) is 5.41. The molecule has 0 bridgehead atoms. The average Bonchev–Trinajstić information content (AvgIpc) is 2.11. The van der Waals surface area contributed by atoms with Gasteiger partial charge in [-0.05, 0) is 19.5 Å². The summed E-state index contributed by atoms with van der Waals surface area (Å²) in [6.45, 7) is 5.15. The summed E-state index contributed by atoms with van der Waals surface area (Å²) in [5, 5.41) is 11.3. The highest BCUT2D eigenvalue weighted by atomic mass is 16.4. The van der Waals surface area contributed by atoms with E-state index in [4.69, 9.17) is 5.11 Å². The third kappa shape index (κ3) is 7.57. The molecule has 0 fully saturated rings. The first-order chi connectivity index (χ1) is 7.64. The van der Waals surface area contributed by atoms with E-state index in [0.29, 0.717) is 6.54 Å². The number of nitrogens with zero attached hydrogens (tertiary/aromatic N) is 2. The van der Waals surface area contributed by atoms with E-state index in [0.717, 1.165) is 11.4 Å². The zero-order valence-electron chi connectivity index (χ0n) is 11.3. The summed E-state index contributed by atoms with van der Waals surface area (Å²) < 4.78 is 0. The molecule has 2 N–H and O–H groups in total. The molecule has 0 spiro atoms. The van der Waals surface area contributed by atoms with E-state index >= 15 is 0 Å². The molecular formula is C11H23N3O3. The van der Waals surface area contributed by atoms with Gasteiger partial charge in [0.25, 0.3) is 0 Å². The minimum atomic E-state index is -1.02. The molecule has 0 rings (SSSR count). The van der Waals surface area contributed by atoms with Gasteiger partial charge in [0.2, 0.25) is 0 Å². The standard InChI is InChI=1S/C11H23N3O3/c1-11(2,8-13(3)4)7-12-10(17)14(5)6-9(15)16/h6-8H2,1-5H3,(H,12,17)(H,15,16). The van der Waals surface area contributed by atoms with Crippen LogP contribution in [0, 0.1) is 5.41 Å². The molecule has 0 aliphatic rings. The summed E-state index contributed by atoms with van der Waals surface area (Å²) in [6.07, 6.45) is 0. The normalized spacial score (nSPS) is 11.4. The fourth-order valence-corrected chi connectivity index (χ4v) is 1.64. The molecule has 2 amide bonds. The smallest absolute Gasteiger partial charge is 0.323 e. The Morgan fingerprint density at radius 3 is 2.18 bits per heavy atom. The summed E-state index contributed by atoms with van der Waals surface area (Å²) in [4.78, 5) is 25.2. The lowest BCUT2D eigenvalue weighted by molar-refractivity contribution is -0.137. The molecule has 0 aromatic heterocycles. The number of aliphatic carboxylic acids is 1. The summed E-state index contributed by atoms with van der Waals surface area (Å²) in [5.74, 6) is -1.02. The molecular weight excluding hydrogens is 222 g/mol. The van der Waals surface area contributed by atoms with Crippen LogP contribution in [-0.4, -0.2) is 67.7 Å². The number of carbonyl (C=O) groups is 2. The maximum Gasteiger partial charge on any atom is 0.323 e. The zero-order chi connectivity index (χ0) is 13.6. The Balaban J connectivity index is 4.10. The van der Waals surface area contributed by atoms with Crippen molar-refractivity contribution in [3.8, 4) is 0 Å². The van der Waals surface area contributed by atoms with Crippen molar-refractivity contribution in [2.75, 3.05) is 40.8 Å². The van der Waals surface area contributed by atoms with Crippen LogP contribution in [0.1, 0.15) is 13.8 Å². The van der Waals surface area contributed by atoms with Gasteiger partial charge in [0.05, 0.1) is 0 Å². The van der Waals surface area contributed by atoms with Crippen LogP contribution < -0.4 is 5.32 Å². The van der Waals surface area contributed by atoms with Gasteiger partial charge in [-0.2, -0.15) is 0 Å². The van der Waals surface area contributed by atoms with Crippen molar-refractivity contribution in [2.45, 2.75) is 13.8 Å². The fraction of sp³-hybridized carbons (Fsp3) is 0.818. The second-order valence-corrected chi connectivity index (χ2v) is 5.31. The molecule has 0 heterocycles. The average molecular weight is 245 g/mol.